The van der Waals surface area contributed by atoms with Crippen LogP contribution in [0, 0.1) is 5.82 Å². The molecule has 2 aromatic rings. The van der Waals surface area contributed by atoms with Crippen molar-refractivity contribution in [1.82, 2.24) is 5.32 Å². The minimum Gasteiger partial charge on any atom is -0.491 e. The minimum absolute atomic E-state index is 0.0212. The van der Waals surface area contributed by atoms with Crippen LogP contribution in [0.5, 0.6) is 5.75 Å². The van der Waals surface area contributed by atoms with Gasteiger partial charge in [-0.3, -0.25) is 4.79 Å². The highest BCUT2D eigenvalue weighted by Crippen LogP contribution is 2.15. The number of hydrogen-bond acceptors (Lipinski definition) is 4. The molecular weight excluding hydrogens is 347 g/mol. The van der Waals surface area contributed by atoms with Gasteiger partial charge in [0.2, 0.25) is 15.9 Å². The molecule has 0 atom stereocenters. The van der Waals surface area contributed by atoms with Crippen LogP contribution in [0.2, 0.25) is 0 Å². The van der Waals surface area contributed by atoms with E-state index >= 15 is 0 Å². The van der Waals surface area contributed by atoms with Gasteiger partial charge in [-0.15, -0.1) is 0 Å². The van der Waals surface area contributed by atoms with Crippen molar-refractivity contribution < 1.29 is 22.3 Å². The normalized spacial score (nSPS) is 11.1. The molecule has 8 heteroatoms. The Labute approximate surface area is 145 Å². The number of halogens is 1. The van der Waals surface area contributed by atoms with Crippen molar-refractivity contribution in [2.75, 3.05) is 6.61 Å². The fourth-order valence-corrected chi connectivity index (χ4v) is 2.58. The van der Waals surface area contributed by atoms with Gasteiger partial charge in [0.25, 0.3) is 0 Å². The summed E-state index contributed by atoms with van der Waals surface area (Å²) in [4.78, 5) is 11.8. The number of carbonyl (C=O) groups is 1. The molecule has 0 unspecified atom stereocenters. The van der Waals surface area contributed by atoms with Gasteiger partial charge in [0, 0.05) is 13.0 Å². The van der Waals surface area contributed by atoms with E-state index in [2.05, 4.69) is 5.32 Å². The predicted octanol–water partition coefficient (Wildman–Crippen LogP) is 1.95. The van der Waals surface area contributed by atoms with Crippen LogP contribution in [0.1, 0.15) is 18.4 Å². The van der Waals surface area contributed by atoms with Crippen LogP contribution in [0.3, 0.4) is 0 Å². The van der Waals surface area contributed by atoms with E-state index < -0.39 is 15.8 Å². The number of hydrogen-bond donors (Lipinski definition) is 2. The Balaban J connectivity index is 1.69. The largest absolute Gasteiger partial charge is 0.491 e. The van der Waals surface area contributed by atoms with Crippen LogP contribution < -0.4 is 15.2 Å². The lowest BCUT2D eigenvalue weighted by atomic mass is 10.2. The molecule has 25 heavy (non-hydrogen) atoms. The summed E-state index contributed by atoms with van der Waals surface area (Å²) in [6.45, 7) is 0.509. The van der Waals surface area contributed by atoms with Crippen molar-refractivity contribution in [2.24, 2.45) is 5.14 Å². The summed E-state index contributed by atoms with van der Waals surface area (Å²) in [7, 11) is -3.72. The fraction of sp³-hybridized carbons (Fsp3) is 0.235. The fourth-order valence-electron chi connectivity index (χ4n) is 2.06. The molecule has 2 aromatic carbocycles. The summed E-state index contributed by atoms with van der Waals surface area (Å²) in [5.74, 6) is -0.444. The van der Waals surface area contributed by atoms with Gasteiger partial charge in [-0.2, -0.15) is 0 Å². The van der Waals surface area contributed by atoms with Crippen molar-refractivity contribution in [1.29, 1.82) is 0 Å². The highest BCUT2D eigenvalue weighted by Gasteiger charge is 2.07. The first-order valence-corrected chi connectivity index (χ1v) is 9.16. The summed E-state index contributed by atoms with van der Waals surface area (Å²) < 4.78 is 40.9. The molecule has 0 aliphatic carbocycles. The number of para-hydroxylation sites is 1. The lowest BCUT2D eigenvalue weighted by molar-refractivity contribution is -0.121. The Morgan fingerprint density at radius 2 is 1.80 bits per heavy atom. The average Bonchev–Trinajstić information content (AvgIpc) is 2.58. The van der Waals surface area contributed by atoms with Gasteiger partial charge >= 0.3 is 0 Å². The molecule has 0 saturated heterocycles. The molecule has 0 spiro atoms. The zero-order chi connectivity index (χ0) is 18.3. The molecule has 6 nitrogen and oxygen atoms in total. The topological polar surface area (TPSA) is 98.5 Å². The maximum Gasteiger partial charge on any atom is 0.238 e. The third-order valence-electron chi connectivity index (χ3n) is 3.38. The average molecular weight is 366 g/mol. The second kappa shape index (κ2) is 8.59. The molecule has 0 aromatic heterocycles. The number of carbonyl (C=O) groups excluding carboxylic acids is 1. The Hall–Kier alpha value is -2.45. The van der Waals surface area contributed by atoms with E-state index in [0.29, 0.717) is 6.42 Å². The predicted molar refractivity (Wildman–Crippen MR) is 90.8 cm³/mol. The van der Waals surface area contributed by atoms with Crippen LogP contribution in [0.25, 0.3) is 0 Å². The molecular formula is C17H19FN2O4S. The quantitative estimate of drug-likeness (QED) is 0.698. The summed E-state index contributed by atoms with van der Waals surface area (Å²) in [6.07, 6.45) is 0.689. The molecule has 3 N–H and O–H groups in total. The van der Waals surface area contributed by atoms with Crippen molar-refractivity contribution in [3.8, 4) is 5.75 Å². The van der Waals surface area contributed by atoms with Gasteiger partial charge in [-0.1, -0.05) is 24.3 Å². The highest BCUT2D eigenvalue weighted by atomic mass is 32.2. The van der Waals surface area contributed by atoms with Crippen LogP contribution in [-0.2, 0) is 21.4 Å². The zero-order valence-electron chi connectivity index (χ0n) is 13.4. The van der Waals surface area contributed by atoms with Gasteiger partial charge in [-0.05, 0) is 36.2 Å². The van der Waals surface area contributed by atoms with E-state index in [1.807, 2.05) is 0 Å². The maximum absolute atomic E-state index is 13.3. The first kappa shape index (κ1) is 18.9. The lowest BCUT2D eigenvalue weighted by Gasteiger charge is -2.08. The number of benzene rings is 2. The summed E-state index contributed by atoms with van der Waals surface area (Å²) in [5.41, 5.74) is 0.753. The summed E-state index contributed by atoms with van der Waals surface area (Å²) >= 11 is 0. The van der Waals surface area contributed by atoms with E-state index in [1.165, 1.54) is 24.3 Å². The van der Waals surface area contributed by atoms with E-state index in [-0.39, 0.29) is 36.1 Å². The number of nitrogens with one attached hydrogen (secondary N) is 1. The lowest BCUT2D eigenvalue weighted by Crippen LogP contribution is -2.23. The second-order valence-electron chi connectivity index (χ2n) is 5.35. The zero-order valence-corrected chi connectivity index (χ0v) is 14.3. The van der Waals surface area contributed by atoms with Gasteiger partial charge in [0.1, 0.15) is 0 Å². The summed E-state index contributed by atoms with van der Waals surface area (Å²) in [5, 5.41) is 7.73. The van der Waals surface area contributed by atoms with Crippen molar-refractivity contribution >= 4 is 15.9 Å². The molecule has 0 aliphatic rings. The Morgan fingerprint density at radius 1 is 1.12 bits per heavy atom. The monoisotopic (exact) mass is 366 g/mol. The standard InChI is InChI=1S/C17H19FN2O4S/c18-15-4-1-2-5-16(15)24-11-3-6-17(21)20-12-13-7-9-14(10-8-13)25(19,22)23/h1-2,4-5,7-10H,3,6,11-12H2,(H,20,21)(H2,19,22,23). The van der Waals surface area contributed by atoms with Gasteiger partial charge in [-0.25, -0.2) is 17.9 Å². The molecule has 0 saturated carbocycles. The smallest absolute Gasteiger partial charge is 0.238 e. The molecule has 0 bridgehead atoms. The molecule has 134 valence electrons. The molecule has 0 fully saturated rings. The number of sulfonamides is 1. The third-order valence-corrected chi connectivity index (χ3v) is 4.31. The van der Waals surface area contributed by atoms with Crippen LogP contribution in [0.4, 0.5) is 4.39 Å². The molecule has 0 radical (unpaired) electrons. The Kier molecular flexibility index (Phi) is 6.49. The SMILES string of the molecule is NS(=O)(=O)c1ccc(CNC(=O)CCCOc2ccccc2F)cc1. The van der Waals surface area contributed by atoms with Crippen molar-refractivity contribution in [3.63, 3.8) is 0 Å². The molecule has 2 rings (SSSR count). The number of rotatable bonds is 8. The molecule has 0 heterocycles. The van der Waals surface area contributed by atoms with Crippen molar-refractivity contribution in [3.05, 3.63) is 59.9 Å². The third kappa shape index (κ3) is 6.17. The second-order valence-corrected chi connectivity index (χ2v) is 6.91. The van der Waals surface area contributed by atoms with Crippen LogP contribution >= 0.6 is 0 Å². The van der Waals surface area contributed by atoms with E-state index in [1.54, 1.807) is 24.3 Å². The van der Waals surface area contributed by atoms with E-state index in [0.717, 1.165) is 5.56 Å². The number of ether oxygens (including phenoxy) is 1. The van der Waals surface area contributed by atoms with Crippen LogP contribution in [-0.4, -0.2) is 20.9 Å². The van der Waals surface area contributed by atoms with Gasteiger partial charge in [0.15, 0.2) is 11.6 Å². The van der Waals surface area contributed by atoms with Crippen molar-refractivity contribution in [2.45, 2.75) is 24.3 Å². The minimum atomic E-state index is -3.72. The molecule has 1 amide bonds. The van der Waals surface area contributed by atoms with Crippen LogP contribution in [0.15, 0.2) is 53.4 Å². The number of primary sulfonamides is 1. The van der Waals surface area contributed by atoms with Gasteiger partial charge in [0.05, 0.1) is 11.5 Å². The number of amides is 1. The summed E-state index contributed by atoms with van der Waals surface area (Å²) in [6, 6.07) is 12.0. The molecule has 0 aliphatic heterocycles. The van der Waals surface area contributed by atoms with Gasteiger partial charge < -0.3 is 10.1 Å². The Bertz CT molecular complexity index is 823. The maximum atomic E-state index is 13.3. The first-order valence-electron chi connectivity index (χ1n) is 7.62. The van der Waals surface area contributed by atoms with E-state index in [9.17, 15) is 17.6 Å². The van der Waals surface area contributed by atoms with E-state index in [4.69, 9.17) is 9.88 Å². The Morgan fingerprint density at radius 3 is 2.44 bits per heavy atom. The highest BCUT2D eigenvalue weighted by molar-refractivity contribution is 7.89. The number of nitrogens with two attached hydrogens (primary N) is 1. The first-order chi connectivity index (χ1) is 11.9.